The number of morpholine rings is 1. The van der Waals surface area contributed by atoms with Crippen LogP contribution in [-0.2, 0) is 16.0 Å². The number of carbonyl (C=O) groups excluding carboxylic acids is 1. The van der Waals surface area contributed by atoms with Gasteiger partial charge in [0.15, 0.2) is 0 Å². The van der Waals surface area contributed by atoms with Gasteiger partial charge in [-0.1, -0.05) is 12.1 Å². The fourth-order valence-electron chi connectivity index (χ4n) is 3.22. The van der Waals surface area contributed by atoms with Crippen molar-refractivity contribution in [1.29, 1.82) is 0 Å². The standard InChI is InChI=1S/C16H22N2O3/c1-11-8-18-9-13(7-14(18)10-21-11)17-16(20)6-12-2-4-15(19)5-3-12/h2-5,11,13-14,19H,6-10H2,1H3,(H,17,20)/t11-,13+,14+/m1/s1. The van der Waals surface area contributed by atoms with Crippen molar-refractivity contribution in [3.8, 4) is 5.75 Å². The number of phenolic OH excluding ortho intramolecular Hbond substituents is 1. The lowest BCUT2D eigenvalue weighted by Gasteiger charge is -2.33. The number of carbonyl (C=O) groups is 1. The Morgan fingerprint density at radius 2 is 2.14 bits per heavy atom. The molecule has 5 nitrogen and oxygen atoms in total. The van der Waals surface area contributed by atoms with Crippen LogP contribution in [0.4, 0.5) is 0 Å². The van der Waals surface area contributed by atoms with Gasteiger partial charge in [0, 0.05) is 25.2 Å². The Labute approximate surface area is 124 Å². The maximum Gasteiger partial charge on any atom is 0.224 e. The van der Waals surface area contributed by atoms with Gasteiger partial charge in [0.1, 0.15) is 5.75 Å². The number of ether oxygens (including phenoxy) is 1. The van der Waals surface area contributed by atoms with Crippen LogP contribution in [0.15, 0.2) is 24.3 Å². The summed E-state index contributed by atoms with van der Waals surface area (Å²) in [6.45, 7) is 4.73. The molecule has 1 aromatic carbocycles. The minimum absolute atomic E-state index is 0.0412. The first kappa shape index (κ1) is 14.4. The second-order valence-corrected chi connectivity index (χ2v) is 6.10. The number of amides is 1. The molecule has 2 saturated heterocycles. The molecule has 1 aromatic rings. The third-order valence-electron chi connectivity index (χ3n) is 4.26. The molecule has 5 heteroatoms. The zero-order valence-electron chi connectivity index (χ0n) is 12.3. The lowest BCUT2D eigenvalue weighted by atomic mass is 10.1. The maximum atomic E-state index is 12.1. The lowest BCUT2D eigenvalue weighted by molar-refractivity contribution is -0.121. The van der Waals surface area contributed by atoms with Crippen LogP contribution in [0.3, 0.4) is 0 Å². The molecule has 3 atom stereocenters. The Morgan fingerprint density at radius 1 is 1.38 bits per heavy atom. The Bertz CT molecular complexity index is 503. The van der Waals surface area contributed by atoms with Gasteiger partial charge in [0.05, 0.1) is 19.1 Å². The highest BCUT2D eigenvalue weighted by molar-refractivity contribution is 5.79. The summed E-state index contributed by atoms with van der Waals surface area (Å²) in [4.78, 5) is 14.5. The number of nitrogens with one attached hydrogen (secondary N) is 1. The average Bonchev–Trinajstić information content (AvgIpc) is 2.82. The molecule has 0 unspecified atom stereocenters. The molecule has 1 amide bonds. The fraction of sp³-hybridized carbons (Fsp3) is 0.562. The van der Waals surface area contributed by atoms with Gasteiger partial charge in [0.2, 0.25) is 5.91 Å². The number of rotatable bonds is 3. The Kier molecular flexibility index (Phi) is 4.12. The van der Waals surface area contributed by atoms with E-state index in [-0.39, 0.29) is 23.8 Å². The van der Waals surface area contributed by atoms with E-state index in [1.807, 2.05) is 0 Å². The highest BCUT2D eigenvalue weighted by atomic mass is 16.5. The van der Waals surface area contributed by atoms with Crippen molar-refractivity contribution in [2.75, 3.05) is 19.7 Å². The zero-order chi connectivity index (χ0) is 14.8. The predicted molar refractivity (Wildman–Crippen MR) is 79.1 cm³/mol. The summed E-state index contributed by atoms with van der Waals surface area (Å²) in [6, 6.07) is 7.44. The molecule has 0 saturated carbocycles. The second-order valence-electron chi connectivity index (χ2n) is 6.10. The first-order valence-electron chi connectivity index (χ1n) is 7.53. The van der Waals surface area contributed by atoms with Crippen molar-refractivity contribution >= 4 is 5.91 Å². The van der Waals surface area contributed by atoms with Crippen molar-refractivity contribution in [2.24, 2.45) is 0 Å². The quantitative estimate of drug-likeness (QED) is 0.869. The van der Waals surface area contributed by atoms with Crippen LogP contribution in [0.1, 0.15) is 18.9 Å². The summed E-state index contributed by atoms with van der Waals surface area (Å²) in [7, 11) is 0. The van der Waals surface area contributed by atoms with Gasteiger partial charge in [0.25, 0.3) is 0 Å². The number of fused-ring (bicyclic) bond motifs is 1. The second kappa shape index (κ2) is 6.03. The number of benzene rings is 1. The van der Waals surface area contributed by atoms with Crippen LogP contribution in [0, 0.1) is 0 Å². The molecule has 2 heterocycles. The van der Waals surface area contributed by atoms with Crippen LogP contribution in [0.2, 0.25) is 0 Å². The Morgan fingerprint density at radius 3 is 2.90 bits per heavy atom. The fourth-order valence-corrected chi connectivity index (χ4v) is 3.22. The van der Waals surface area contributed by atoms with Crippen LogP contribution in [0.5, 0.6) is 5.75 Å². The summed E-state index contributed by atoms with van der Waals surface area (Å²) in [6.07, 6.45) is 1.61. The number of aromatic hydroxyl groups is 1. The SMILES string of the molecule is C[C@@H]1CN2C[C@@H](NC(=O)Cc3ccc(O)cc3)C[C@H]2CO1. The minimum Gasteiger partial charge on any atom is -0.508 e. The number of nitrogens with zero attached hydrogens (tertiary/aromatic N) is 1. The Hall–Kier alpha value is -1.59. The van der Waals surface area contributed by atoms with Gasteiger partial charge in [-0.15, -0.1) is 0 Å². The summed E-state index contributed by atoms with van der Waals surface area (Å²) >= 11 is 0. The van der Waals surface area contributed by atoms with Crippen LogP contribution >= 0.6 is 0 Å². The normalized spacial score (nSPS) is 29.1. The number of hydrogen-bond acceptors (Lipinski definition) is 4. The van der Waals surface area contributed by atoms with Gasteiger partial charge < -0.3 is 15.2 Å². The van der Waals surface area contributed by atoms with Gasteiger partial charge in [-0.2, -0.15) is 0 Å². The molecule has 2 fully saturated rings. The summed E-state index contributed by atoms with van der Waals surface area (Å²) < 4.78 is 5.67. The first-order valence-corrected chi connectivity index (χ1v) is 7.53. The zero-order valence-corrected chi connectivity index (χ0v) is 12.3. The third kappa shape index (κ3) is 3.54. The lowest BCUT2D eigenvalue weighted by Crippen LogP contribution is -2.45. The van der Waals surface area contributed by atoms with Crippen LogP contribution in [0.25, 0.3) is 0 Å². The van der Waals surface area contributed by atoms with Gasteiger partial charge in [-0.3, -0.25) is 9.69 Å². The Balaban J connectivity index is 1.50. The predicted octanol–water partition coefficient (Wildman–Crippen LogP) is 0.912. The van der Waals surface area contributed by atoms with Gasteiger partial charge >= 0.3 is 0 Å². The molecule has 2 aliphatic rings. The van der Waals surface area contributed by atoms with Crippen LogP contribution < -0.4 is 5.32 Å². The number of hydrogen-bond donors (Lipinski definition) is 2. The van der Waals surface area contributed by atoms with E-state index in [2.05, 4.69) is 17.1 Å². The van der Waals surface area contributed by atoms with Crippen molar-refractivity contribution in [2.45, 2.75) is 38.0 Å². The monoisotopic (exact) mass is 290 g/mol. The molecule has 0 bridgehead atoms. The minimum atomic E-state index is 0.0412. The van der Waals surface area contributed by atoms with Crippen molar-refractivity contribution in [3.63, 3.8) is 0 Å². The van der Waals surface area contributed by atoms with E-state index >= 15 is 0 Å². The third-order valence-corrected chi connectivity index (χ3v) is 4.26. The number of phenols is 1. The van der Waals surface area contributed by atoms with E-state index < -0.39 is 0 Å². The maximum absolute atomic E-state index is 12.1. The molecule has 0 aliphatic carbocycles. The first-order chi connectivity index (χ1) is 10.1. The average molecular weight is 290 g/mol. The molecule has 21 heavy (non-hydrogen) atoms. The van der Waals surface area contributed by atoms with Gasteiger partial charge in [-0.05, 0) is 31.0 Å². The highest BCUT2D eigenvalue weighted by Gasteiger charge is 2.36. The van der Waals surface area contributed by atoms with E-state index in [0.717, 1.165) is 31.7 Å². The summed E-state index contributed by atoms with van der Waals surface area (Å²) in [5.41, 5.74) is 0.915. The summed E-state index contributed by atoms with van der Waals surface area (Å²) in [5, 5.41) is 12.4. The van der Waals surface area contributed by atoms with Gasteiger partial charge in [-0.25, -0.2) is 0 Å². The molecule has 2 N–H and O–H groups in total. The van der Waals surface area contributed by atoms with Crippen molar-refractivity contribution < 1.29 is 14.6 Å². The van der Waals surface area contributed by atoms with Crippen LogP contribution in [-0.4, -0.2) is 53.8 Å². The van der Waals surface area contributed by atoms with Crippen molar-refractivity contribution in [3.05, 3.63) is 29.8 Å². The molecular weight excluding hydrogens is 268 g/mol. The van der Waals surface area contributed by atoms with E-state index in [0.29, 0.717) is 12.5 Å². The van der Waals surface area contributed by atoms with E-state index in [1.54, 1.807) is 24.3 Å². The summed E-state index contributed by atoms with van der Waals surface area (Å²) in [5.74, 6) is 0.264. The largest absolute Gasteiger partial charge is 0.508 e. The molecule has 114 valence electrons. The van der Waals surface area contributed by atoms with E-state index in [4.69, 9.17) is 4.74 Å². The van der Waals surface area contributed by atoms with E-state index in [1.165, 1.54) is 0 Å². The van der Waals surface area contributed by atoms with Crippen molar-refractivity contribution in [1.82, 2.24) is 10.2 Å². The van der Waals surface area contributed by atoms with E-state index in [9.17, 15) is 9.90 Å². The molecule has 0 aromatic heterocycles. The smallest absolute Gasteiger partial charge is 0.224 e. The molecule has 2 aliphatic heterocycles. The molecule has 3 rings (SSSR count). The molecule has 0 spiro atoms. The highest BCUT2D eigenvalue weighted by Crippen LogP contribution is 2.23. The molecule has 0 radical (unpaired) electrons. The molecular formula is C16H22N2O3. The topological polar surface area (TPSA) is 61.8 Å².